The van der Waals surface area contributed by atoms with E-state index < -0.39 is 15.9 Å². The summed E-state index contributed by atoms with van der Waals surface area (Å²) < 4.78 is 27.3. The first-order valence-electron chi connectivity index (χ1n) is 5.44. The number of aryl methyl sites for hydroxylation is 1. The molecule has 2 rings (SSSR count). The first kappa shape index (κ1) is 15.8. The van der Waals surface area contributed by atoms with Crippen molar-refractivity contribution in [3.63, 3.8) is 0 Å². The molecule has 1 amide bonds. The Morgan fingerprint density at radius 2 is 1.90 bits per heavy atom. The van der Waals surface area contributed by atoms with Crippen LogP contribution in [0.15, 0.2) is 27.7 Å². The predicted octanol–water partition coefficient (Wildman–Crippen LogP) is 2.19. The molecule has 1 aromatic carbocycles. The van der Waals surface area contributed by atoms with E-state index in [-0.39, 0.29) is 26.4 Å². The predicted molar refractivity (Wildman–Crippen MR) is 77.0 cm³/mol. The van der Waals surface area contributed by atoms with Crippen molar-refractivity contribution in [1.82, 2.24) is 5.16 Å². The summed E-state index contributed by atoms with van der Waals surface area (Å²) in [4.78, 5) is 11.7. The lowest BCUT2D eigenvalue weighted by Gasteiger charge is -2.10. The number of hydrogen-bond acceptors (Lipinski definition) is 5. The number of benzene rings is 1. The summed E-state index contributed by atoms with van der Waals surface area (Å²) in [5, 5.41) is 10.7. The number of nitrogens with zero attached hydrogens (tertiary/aromatic N) is 1. The molecule has 0 radical (unpaired) electrons. The average molecular weight is 350 g/mol. The van der Waals surface area contributed by atoms with Gasteiger partial charge in [0.1, 0.15) is 0 Å². The largest absolute Gasteiger partial charge is 0.351 e. The molecule has 0 saturated carbocycles. The number of carbonyl (C=O) groups excluding carboxylic acids is 1. The van der Waals surface area contributed by atoms with Gasteiger partial charge < -0.3 is 9.84 Å². The molecular formula is C11H9Cl2N3O4S. The summed E-state index contributed by atoms with van der Waals surface area (Å²) >= 11 is 11.8. The van der Waals surface area contributed by atoms with Crippen LogP contribution in [0.3, 0.4) is 0 Å². The van der Waals surface area contributed by atoms with Crippen LogP contribution in [0.2, 0.25) is 10.0 Å². The summed E-state index contributed by atoms with van der Waals surface area (Å²) in [5.74, 6) is -0.616. The molecule has 0 aliphatic rings. The summed E-state index contributed by atoms with van der Waals surface area (Å²) in [6, 6.07) is 2.18. The molecule has 0 fully saturated rings. The number of carbonyl (C=O) groups is 1. The number of primary sulfonamides is 1. The zero-order valence-electron chi connectivity index (χ0n) is 10.6. The van der Waals surface area contributed by atoms with Crippen molar-refractivity contribution in [3.05, 3.63) is 39.7 Å². The van der Waals surface area contributed by atoms with Crippen LogP contribution in [0, 0.1) is 6.92 Å². The van der Waals surface area contributed by atoms with E-state index in [1.54, 1.807) is 6.92 Å². The molecule has 1 heterocycles. The lowest BCUT2D eigenvalue weighted by Crippen LogP contribution is -2.15. The van der Waals surface area contributed by atoms with Crippen LogP contribution in [0.5, 0.6) is 0 Å². The fraction of sp³-hybridized carbons (Fsp3) is 0.0909. The van der Waals surface area contributed by atoms with Gasteiger partial charge in [-0.3, -0.25) is 4.79 Å². The molecule has 2 aromatic rings. The third kappa shape index (κ3) is 3.35. The molecular weight excluding hydrogens is 341 g/mol. The number of nitrogens with two attached hydrogens (primary N) is 1. The molecule has 0 saturated heterocycles. The van der Waals surface area contributed by atoms with Crippen LogP contribution in [0.25, 0.3) is 0 Å². The highest BCUT2D eigenvalue weighted by atomic mass is 35.5. The first-order chi connectivity index (χ1) is 9.70. The molecule has 112 valence electrons. The molecule has 21 heavy (non-hydrogen) atoms. The first-order valence-corrected chi connectivity index (χ1v) is 7.75. The van der Waals surface area contributed by atoms with Crippen LogP contribution < -0.4 is 10.5 Å². The Hall–Kier alpha value is -1.61. The number of sulfonamides is 1. The summed E-state index contributed by atoms with van der Waals surface area (Å²) in [7, 11) is -3.95. The summed E-state index contributed by atoms with van der Waals surface area (Å²) in [6.07, 6.45) is 1.38. The fourth-order valence-corrected chi connectivity index (χ4v) is 2.79. The second-order valence-electron chi connectivity index (χ2n) is 4.10. The van der Waals surface area contributed by atoms with Gasteiger partial charge in [-0.1, -0.05) is 28.4 Å². The zero-order valence-corrected chi connectivity index (χ0v) is 12.9. The van der Waals surface area contributed by atoms with E-state index in [9.17, 15) is 13.2 Å². The zero-order chi connectivity index (χ0) is 15.8. The maximum absolute atomic E-state index is 12.0. The molecule has 10 heteroatoms. The Morgan fingerprint density at radius 3 is 2.33 bits per heavy atom. The maximum Gasteiger partial charge on any atom is 0.294 e. The maximum atomic E-state index is 12.0. The monoisotopic (exact) mass is 349 g/mol. The van der Waals surface area contributed by atoms with Crippen molar-refractivity contribution in [2.75, 3.05) is 5.32 Å². The molecule has 1 aromatic heterocycles. The Labute approximate surface area is 130 Å². The minimum atomic E-state index is -3.95. The third-order valence-corrected chi connectivity index (χ3v) is 4.03. The van der Waals surface area contributed by atoms with Gasteiger partial charge in [0, 0.05) is 5.56 Å². The number of amides is 1. The van der Waals surface area contributed by atoms with E-state index in [0.717, 1.165) is 12.1 Å². The minimum Gasteiger partial charge on any atom is -0.351 e. The normalized spacial score (nSPS) is 11.4. The summed E-state index contributed by atoms with van der Waals surface area (Å²) in [6.45, 7) is 1.64. The van der Waals surface area contributed by atoms with Gasteiger partial charge in [-0.15, -0.1) is 0 Å². The van der Waals surface area contributed by atoms with Gasteiger partial charge in [0.15, 0.2) is 0 Å². The van der Waals surface area contributed by atoms with Gasteiger partial charge in [0.2, 0.25) is 15.8 Å². The lowest BCUT2D eigenvalue weighted by molar-refractivity contribution is 0.0987. The van der Waals surface area contributed by atoms with Gasteiger partial charge in [-0.05, 0) is 19.1 Å². The lowest BCUT2D eigenvalue weighted by atomic mass is 10.2. The molecule has 0 atom stereocenters. The highest BCUT2D eigenvalue weighted by molar-refractivity contribution is 7.89. The molecule has 7 nitrogen and oxygen atoms in total. The average Bonchev–Trinajstić information content (AvgIpc) is 2.78. The van der Waals surface area contributed by atoms with Gasteiger partial charge in [0.05, 0.1) is 26.8 Å². The van der Waals surface area contributed by atoms with Crippen molar-refractivity contribution < 1.29 is 17.7 Å². The number of halogens is 2. The number of hydrogen-bond donors (Lipinski definition) is 2. The standard InChI is InChI=1S/C11H9Cl2N3O4S/c1-5-4-15-20-10(5)11(17)16-9-7(12)2-6(3-8(9)13)21(14,18)19/h2-4H,1H3,(H,16,17)(H2,14,18,19). The number of aromatic nitrogens is 1. The SMILES string of the molecule is Cc1cnoc1C(=O)Nc1c(Cl)cc(S(N)(=O)=O)cc1Cl. The number of nitrogens with one attached hydrogen (secondary N) is 1. The second kappa shape index (κ2) is 5.64. The Bertz CT molecular complexity index is 794. The van der Waals surface area contributed by atoms with Gasteiger partial charge >= 0.3 is 0 Å². The minimum absolute atomic E-state index is 0.00217. The van der Waals surface area contributed by atoms with E-state index in [4.69, 9.17) is 32.9 Å². The number of rotatable bonds is 3. The fourth-order valence-electron chi connectivity index (χ4n) is 1.51. The van der Waals surface area contributed by atoms with Crippen LogP contribution in [-0.4, -0.2) is 19.5 Å². The Kier molecular flexibility index (Phi) is 4.24. The van der Waals surface area contributed by atoms with Gasteiger partial charge in [-0.2, -0.15) is 0 Å². The third-order valence-electron chi connectivity index (χ3n) is 2.54. The van der Waals surface area contributed by atoms with Crippen LogP contribution in [0.1, 0.15) is 16.1 Å². The molecule has 0 aliphatic carbocycles. The quantitative estimate of drug-likeness (QED) is 0.880. The van der Waals surface area contributed by atoms with Crippen LogP contribution >= 0.6 is 23.2 Å². The van der Waals surface area contributed by atoms with E-state index in [2.05, 4.69) is 10.5 Å². The van der Waals surface area contributed by atoms with E-state index in [1.807, 2.05) is 0 Å². The second-order valence-corrected chi connectivity index (χ2v) is 6.47. The molecule has 0 aliphatic heterocycles. The summed E-state index contributed by atoms with van der Waals surface area (Å²) in [5.41, 5.74) is 0.576. The molecule has 0 unspecified atom stereocenters. The van der Waals surface area contributed by atoms with Crippen molar-refractivity contribution in [2.45, 2.75) is 11.8 Å². The molecule has 0 bridgehead atoms. The number of anilines is 1. The van der Waals surface area contributed by atoms with E-state index in [0.29, 0.717) is 5.56 Å². The molecule has 0 spiro atoms. The highest BCUT2D eigenvalue weighted by Gasteiger charge is 2.19. The molecule has 3 N–H and O–H groups in total. The topological polar surface area (TPSA) is 115 Å². The van der Waals surface area contributed by atoms with Crippen molar-refractivity contribution in [3.8, 4) is 0 Å². The smallest absolute Gasteiger partial charge is 0.294 e. The van der Waals surface area contributed by atoms with Crippen molar-refractivity contribution in [2.24, 2.45) is 5.14 Å². The van der Waals surface area contributed by atoms with Crippen LogP contribution in [-0.2, 0) is 10.0 Å². The van der Waals surface area contributed by atoms with E-state index >= 15 is 0 Å². The van der Waals surface area contributed by atoms with E-state index in [1.165, 1.54) is 6.20 Å². The van der Waals surface area contributed by atoms with Crippen LogP contribution in [0.4, 0.5) is 5.69 Å². The van der Waals surface area contributed by atoms with Gasteiger partial charge in [-0.25, -0.2) is 13.6 Å². The van der Waals surface area contributed by atoms with Crippen molar-refractivity contribution in [1.29, 1.82) is 0 Å². The van der Waals surface area contributed by atoms with Crippen molar-refractivity contribution >= 4 is 44.8 Å². The van der Waals surface area contributed by atoms with Gasteiger partial charge in [0.25, 0.3) is 5.91 Å². The Balaban J connectivity index is 2.38. The Morgan fingerprint density at radius 1 is 1.33 bits per heavy atom. The highest BCUT2D eigenvalue weighted by Crippen LogP contribution is 2.33.